The summed E-state index contributed by atoms with van der Waals surface area (Å²) >= 11 is 1.32. The van der Waals surface area contributed by atoms with Crippen LogP contribution >= 0.6 is 11.8 Å². The van der Waals surface area contributed by atoms with E-state index in [2.05, 4.69) is 35.3 Å². The van der Waals surface area contributed by atoms with Gasteiger partial charge in [0.15, 0.2) is 0 Å². The lowest BCUT2D eigenvalue weighted by Crippen LogP contribution is -2.35. The zero-order chi connectivity index (χ0) is 23.3. The standard InChI is InChI=1S/C24H35NO5S/c1-3-4-5-6-7-8-9-10-11-12-13-14-17-22(21(26)16-15-18-23(27)28)31-19-20(25)24(29)30-2/h12-14,17,20-22,26H,3-6,9,15-16,18-19,25H2,1-2H3,(H,27,28)/t20?,21-,22+/m0/s1. The van der Waals surface area contributed by atoms with Crippen LogP contribution in [0.5, 0.6) is 0 Å². The van der Waals surface area contributed by atoms with E-state index in [4.69, 9.17) is 10.8 Å². The molecule has 3 atom stereocenters. The number of carbonyl (C=O) groups excluding carboxylic acids is 1. The molecule has 0 radical (unpaired) electrons. The van der Waals surface area contributed by atoms with Crippen LogP contribution in [0.3, 0.4) is 0 Å². The number of thioether (sulfide) groups is 1. The number of carbonyl (C=O) groups is 2. The molecular weight excluding hydrogens is 414 g/mol. The summed E-state index contributed by atoms with van der Waals surface area (Å²) in [7, 11) is 1.27. The SMILES string of the molecule is CCCCCC#CCC#CC=CC=C[C@@H](SCC(N)C(=O)OC)[C@@H](O)CCCC(=O)O. The highest BCUT2D eigenvalue weighted by Gasteiger charge is 2.21. The van der Waals surface area contributed by atoms with Gasteiger partial charge in [0.25, 0.3) is 0 Å². The third-order valence-corrected chi connectivity index (χ3v) is 5.55. The smallest absolute Gasteiger partial charge is 0.323 e. The molecule has 0 aliphatic heterocycles. The summed E-state index contributed by atoms with van der Waals surface area (Å²) in [6, 6.07) is -0.790. The molecule has 0 aliphatic carbocycles. The molecule has 0 heterocycles. The number of allylic oxidation sites excluding steroid dienone is 3. The maximum Gasteiger partial charge on any atom is 0.323 e. The van der Waals surface area contributed by atoms with E-state index in [1.165, 1.54) is 31.7 Å². The first-order valence-electron chi connectivity index (χ1n) is 10.5. The van der Waals surface area contributed by atoms with Gasteiger partial charge < -0.3 is 20.7 Å². The second-order valence-corrected chi connectivity index (χ2v) is 8.04. The number of unbranched alkanes of at least 4 members (excludes halogenated alkanes) is 3. The van der Waals surface area contributed by atoms with Crippen molar-refractivity contribution in [1.82, 2.24) is 0 Å². The predicted molar refractivity (Wildman–Crippen MR) is 126 cm³/mol. The Morgan fingerprint density at radius 1 is 1.16 bits per heavy atom. The van der Waals surface area contributed by atoms with Gasteiger partial charge in [-0.05, 0) is 25.3 Å². The van der Waals surface area contributed by atoms with Gasteiger partial charge in [-0.15, -0.1) is 17.7 Å². The second kappa shape index (κ2) is 19.8. The van der Waals surface area contributed by atoms with Crippen molar-refractivity contribution in [2.24, 2.45) is 5.73 Å². The van der Waals surface area contributed by atoms with Gasteiger partial charge in [-0.3, -0.25) is 9.59 Å². The molecule has 0 amide bonds. The Morgan fingerprint density at radius 3 is 2.61 bits per heavy atom. The number of aliphatic carboxylic acids is 1. The van der Waals surface area contributed by atoms with Crippen LogP contribution in [0.2, 0.25) is 0 Å². The Balaban J connectivity index is 4.66. The molecule has 1 unspecified atom stereocenters. The van der Waals surface area contributed by atoms with Crippen LogP contribution in [-0.2, 0) is 14.3 Å². The summed E-state index contributed by atoms with van der Waals surface area (Å²) in [5.41, 5.74) is 5.76. The fraction of sp³-hybridized carbons (Fsp3) is 0.583. The molecule has 0 bridgehead atoms. The van der Waals surface area contributed by atoms with E-state index >= 15 is 0 Å². The molecule has 0 aromatic heterocycles. The average molecular weight is 450 g/mol. The molecule has 0 aromatic carbocycles. The molecule has 0 fully saturated rings. The molecule has 31 heavy (non-hydrogen) atoms. The van der Waals surface area contributed by atoms with Crippen molar-refractivity contribution in [2.75, 3.05) is 12.9 Å². The lowest BCUT2D eigenvalue weighted by atomic mass is 10.1. The highest BCUT2D eigenvalue weighted by molar-refractivity contribution is 8.00. The Bertz CT molecular complexity index is 696. The topological polar surface area (TPSA) is 110 Å². The van der Waals surface area contributed by atoms with E-state index in [0.717, 1.165) is 12.8 Å². The Labute approximate surface area is 190 Å². The summed E-state index contributed by atoms with van der Waals surface area (Å²) in [6.45, 7) is 2.16. The molecule has 0 rings (SSSR count). The number of rotatable bonds is 14. The molecule has 0 saturated heterocycles. The quantitative estimate of drug-likeness (QED) is 0.162. The van der Waals surface area contributed by atoms with Crippen molar-refractivity contribution < 1.29 is 24.5 Å². The molecule has 0 aromatic rings. The maximum atomic E-state index is 11.5. The number of carboxylic acids is 1. The number of aliphatic hydroxyl groups excluding tert-OH is 1. The minimum absolute atomic E-state index is 0.00315. The highest BCUT2D eigenvalue weighted by atomic mass is 32.2. The van der Waals surface area contributed by atoms with E-state index in [0.29, 0.717) is 19.3 Å². The van der Waals surface area contributed by atoms with E-state index in [9.17, 15) is 14.7 Å². The molecular formula is C24H35NO5S. The highest BCUT2D eigenvalue weighted by Crippen LogP contribution is 2.21. The predicted octanol–water partition coefficient (Wildman–Crippen LogP) is 3.29. The first-order valence-corrected chi connectivity index (χ1v) is 11.6. The van der Waals surface area contributed by atoms with Gasteiger partial charge in [0.2, 0.25) is 0 Å². The number of nitrogens with two attached hydrogens (primary N) is 1. The van der Waals surface area contributed by atoms with Gasteiger partial charge >= 0.3 is 11.9 Å². The molecule has 0 saturated carbocycles. The molecule has 7 heteroatoms. The van der Waals surface area contributed by atoms with E-state index in [1.807, 2.05) is 0 Å². The molecule has 172 valence electrons. The van der Waals surface area contributed by atoms with Crippen LogP contribution in [-0.4, -0.2) is 52.4 Å². The number of ether oxygens (including phenoxy) is 1. The number of carboxylic acid groups (broad SMARTS) is 1. The Kier molecular flexibility index (Phi) is 18.4. The van der Waals surface area contributed by atoms with Crippen molar-refractivity contribution >= 4 is 23.7 Å². The number of hydrogen-bond acceptors (Lipinski definition) is 6. The number of esters is 1. The number of methoxy groups -OCH3 is 1. The fourth-order valence-electron chi connectivity index (χ4n) is 2.40. The van der Waals surface area contributed by atoms with Gasteiger partial charge in [-0.1, -0.05) is 55.8 Å². The van der Waals surface area contributed by atoms with Gasteiger partial charge in [0.05, 0.1) is 19.6 Å². The lowest BCUT2D eigenvalue weighted by molar-refractivity contribution is -0.141. The monoisotopic (exact) mass is 449 g/mol. The van der Waals surface area contributed by atoms with Crippen molar-refractivity contribution in [3.63, 3.8) is 0 Å². The summed E-state index contributed by atoms with van der Waals surface area (Å²) in [6.07, 6.45) is 12.0. The van der Waals surface area contributed by atoms with E-state index < -0.39 is 24.1 Å². The number of aliphatic hydroxyl groups is 1. The zero-order valence-corrected chi connectivity index (χ0v) is 19.3. The molecule has 6 nitrogen and oxygen atoms in total. The first kappa shape index (κ1) is 28.8. The lowest BCUT2D eigenvalue weighted by Gasteiger charge is -2.20. The minimum atomic E-state index is -0.896. The minimum Gasteiger partial charge on any atom is -0.481 e. The average Bonchev–Trinajstić information content (AvgIpc) is 2.75. The third kappa shape index (κ3) is 17.2. The Hall–Kier alpha value is -2.19. The van der Waals surface area contributed by atoms with Gasteiger partial charge in [-0.25, -0.2) is 0 Å². The summed E-state index contributed by atoms with van der Waals surface area (Å²) < 4.78 is 4.61. The van der Waals surface area contributed by atoms with Gasteiger partial charge in [-0.2, -0.15) is 0 Å². The molecule has 4 N–H and O–H groups in total. The van der Waals surface area contributed by atoms with Crippen LogP contribution in [0.25, 0.3) is 0 Å². The summed E-state index contributed by atoms with van der Waals surface area (Å²) in [5, 5.41) is 18.8. The second-order valence-electron chi connectivity index (χ2n) is 6.83. The summed E-state index contributed by atoms with van der Waals surface area (Å²) in [4.78, 5) is 22.1. The normalized spacial score (nSPS) is 13.7. The Morgan fingerprint density at radius 2 is 1.94 bits per heavy atom. The first-order chi connectivity index (χ1) is 14.9. The van der Waals surface area contributed by atoms with Crippen LogP contribution in [0.15, 0.2) is 24.3 Å². The fourth-order valence-corrected chi connectivity index (χ4v) is 3.53. The van der Waals surface area contributed by atoms with Crippen LogP contribution < -0.4 is 5.73 Å². The third-order valence-electron chi connectivity index (χ3n) is 4.14. The summed E-state index contributed by atoms with van der Waals surface area (Å²) in [5.74, 6) is 10.9. The number of hydrogen-bond donors (Lipinski definition) is 3. The van der Waals surface area contributed by atoms with Crippen molar-refractivity contribution in [3.05, 3.63) is 24.3 Å². The van der Waals surface area contributed by atoms with Crippen molar-refractivity contribution in [2.45, 2.75) is 75.7 Å². The van der Waals surface area contributed by atoms with Crippen LogP contribution in [0, 0.1) is 23.7 Å². The van der Waals surface area contributed by atoms with E-state index in [1.54, 1.807) is 24.3 Å². The van der Waals surface area contributed by atoms with Crippen LogP contribution in [0.4, 0.5) is 0 Å². The van der Waals surface area contributed by atoms with Crippen molar-refractivity contribution in [3.8, 4) is 23.7 Å². The van der Waals surface area contributed by atoms with Gasteiger partial charge in [0.1, 0.15) is 6.04 Å². The molecule has 0 spiro atoms. The van der Waals surface area contributed by atoms with Crippen molar-refractivity contribution in [1.29, 1.82) is 0 Å². The van der Waals surface area contributed by atoms with Crippen LogP contribution in [0.1, 0.15) is 58.3 Å². The maximum absolute atomic E-state index is 11.5. The molecule has 0 aliphatic rings. The zero-order valence-electron chi connectivity index (χ0n) is 18.5. The van der Waals surface area contributed by atoms with E-state index in [-0.39, 0.29) is 17.4 Å². The largest absolute Gasteiger partial charge is 0.481 e. The van der Waals surface area contributed by atoms with Gasteiger partial charge in [0, 0.05) is 23.8 Å².